The van der Waals surface area contributed by atoms with E-state index >= 15 is 0 Å². The van der Waals surface area contributed by atoms with Crippen LogP contribution in [0, 0.1) is 0 Å². The summed E-state index contributed by atoms with van der Waals surface area (Å²) in [5.74, 6) is 0.817. The van der Waals surface area contributed by atoms with Crippen LogP contribution >= 0.6 is 0 Å². The second-order valence-electron chi connectivity index (χ2n) is 1.80. The van der Waals surface area contributed by atoms with Crippen molar-refractivity contribution in [3.8, 4) is 0 Å². The Balaban J connectivity index is 2.69. The highest BCUT2D eigenvalue weighted by molar-refractivity contribution is 5.21. The minimum atomic E-state index is 0.817. The number of aromatic nitrogens is 3. The van der Waals surface area contributed by atoms with Crippen LogP contribution < -0.4 is 5.32 Å². The number of rotatable bonds is 2. The number of nitrogens with one attached hydrogen (secondary N) is 1. The normalized spacial score (nSPS) is 9.56. The van der Waals surface area contributed by atoms with Crippen molar-refractivity contribution < 1.29 is 0 Å². The zero-order valence-electron chi connectivity index (χ0n) is 5.63. The maximum atomic E-state index is 3.81. The van der Waals surface area contributed by atoms with E-state index in [0.29, 0.717) is 0 Å². The average molecular weight is 126 g/mol. The van der Waals surface area contributed by atoms with E-state index in [9.17, 15) is 0 Å². The SMILES string of the molecule is CCNc1nncn1C. The Bertz CT molecular complexity index is 181. The lowest BCUT2D eigenvalue weighted by atomic mass is 10.7. The summed E-state index contributed by atoms with van der Waals surface area (Å²) in [5.41, 5.74) is 0. The summed E-state index contributed by atoms with van der Waals surface area (Å²) in [6, 6.07) is 0. The fraction of sp³-hybridized carbons (Fsp3) is 0.600. The van der Waals surface area contributed by atoms with Gasteiger partial charge in [-0.25, -0.2) is 0 Å². The van der Waals surface area contributed by atoms with Gasteiger partial charge in [-0.2, -0.15) is 0 Å². The molecule has 0 aliphatic rings. The number of nitrogens with zero attached hydrogens (tertiary/aromatic N) is 3. The summed E-state index contributed by atoms with van der Waals surface area (Å²) in [7, 11) is 1.90. The summed E-state index contributed by atoms with van der Waals surface area (Å²) in [4.78, 5) is 0. The van der Waals surface area contributed by atoms with Crippen molar-refractivity contribution in [2.45, 2.75) is 6.92 Å². The predicted octanol–water partition coefficient (Wildman–Crippen LogP) is 0.247. The number of aryl methyl sites for hydroxylation is 1. The highest BCUT2D eigenvalue weighted by Crippen LogP contribution is 1.95. The van der Waals surface area contributed by atoms with Crippen molar-refractivity contribution in [1.82, 2.24) is 14.8 Å². The zero-order valence-corrected chi connectivity index (χ0v) is 5.63. The first-order chi connectivity index (χ1) is 4.34. The first kappa shape index (κ1) is 6.07. The molecule has 0 aliphatic carbocycles. The Hall–Kier alpha value is -1.06. The number of hydrogen-bond acceptors (Lipinski definition) is 3. The third-order valence-corrected chi connectivity index (χ3v) is 1.05. The molecule has 0 aromatic carbocycles. The molecule has 0 unspecified atom stereocenters. The van der Waals surface area contributed by atoms with Gasteiger partial charge in [-0.1, -0.05) is 0 Å². The molecule has 1 rings (SSSR count). The minimum absolute atomic E-state index is 0.817. The topological polar surface area (TPSA) is 42.7 Å². The van der Waals surface area contributed by atoms with Gasteiger partial charge in [0.15, 0.2) is 0 Å². The maximum Gasteiger partial charge on any atom is 0.224 e. The first-order valence-corrected chi connectivity index (χ1v) is 2.92. The molecule has 50 valence electrons. The van der Waals surface area contributed by atoms with E-state index in [2.05, 4.69) is 15.5 Å². The molecule has 0 aliphatic heterocycles. The summed E-state index contributed by atoms with van der Waals surface area (Å²) < 4.78 is 1.84. The smallest absolute Gasteiger partial charge is 0.224 e. The highest BCUT2D eigenvalue weighted by Gasteiger charge is 1.93. The minimum Gasteiger partial charge on any atom is -0.355 e. The quantitative estimate of drug-likeness (QED) is 0.617. The molecule has 0 radical (unpaired) electrons. The van der Waals surface area contributed by atoms with Gasteiger partial charge in [-0.15, -0.1) is 10.2 Å². The molecule has 1 aromatic rings. The van der Waals surface area contributed by atoms with Gasteiger partial charge in [0.1, 0.15) is 6.33 Å². The van der Waals surface area contributed by atoms with Crippen molar-refractivity contribution in [2.24, 2.45) is 7.05 Å². The molecule has 1 aromatic heterocycles. The summed E-state index contributed by atoms with van der Waals surface area (Å²) in [6.07, 6.45) is 1.66. The molecule has 4 heteroatoms. The molecule has 0 fully saturated rings. The predicted molar refractivity (Wildman–Crippen MR) is 35.2 cm³/mol. The Morgan fingerprint density at radius 3 is 3.00 bits per heavy atom. The monoisotopic (exact) mass is 126 g/mol. The van der Waals surface area contributed by atoms with Crippen LogP contribution in [0.1, 0.15) is 6.92 Å². The molecule has 9 heavy (non-hydrogen) atoms. The van der Waals surface area contributed by atoms with Gasteiger partial charge in [0.2, 0.25) is 5.95 Å². The lowest BCUT2D eigenvalue weighted by Crippen LogP contribution is -2.02. The largest absolute Gasteiger partial charge is 0.355 e. The molecule has 0 saturated carbocycles. The molecule has 4 nitrogen and oxygen atoms in total. The van der Waals surface area contributed by atoms with Crippen LogP contribution in [0.5, 0.6) is 0 Å². The van der Waals surface area contributed by atoms with E-state index in [1.165, 1.54) is 0 Å². The highest BCUT2D eigenvalue weighted by atomic mass is 15.3. The van der Waals surface area contributed by atoms with Crippen LogP contribution in [0.4, 0.5) is 5.95 Å². The fourth-order valence-corrected chi connectivity index (χ4v) is 0.601. The van der Waals surface area contributed by atoms with Gasteiger partial charge in [0.25, 0.3) is 0 Å². The lowest BCUT2D eigenvalue weighted by molar-refractivity contribution is 0.904. The van der Waals surface area contributed by atoms with Crippen LogP contribution in [0.2, 0.25) is 0 Å². The number of anilines is 1. The molecule has 0 spiro atoms. The maximum absolute atomic E-state index is 3.81. The molecular formula is C5H10N4. The average Bonchev–Trinajstić information content (AvgIpc) is 2.18. The lowest BCUT2D eigenvalue weighted by Gasteiger charge is -1.98. The van der Waals surface area contributed by atoms with Gasteiger partial charge < -0.3 is 9.88 Å². The summed E-state index contributed by atoms with van der Waals surface area (Å²) in [6.45, 7) is 2.90. The van der Waals surface area contributed by atoms with E-state index < -0.39 is 0 Å². The van der Waals surface area contributed by atoms with Crippen molar-refractivity contribution in [3.05, 3.63) is 6.33 Å². The van der Waals surface area contributed by atoms with E-state index in [1.54, 1.807) is 6.33 Å². The van der Waals surface area contributed by atoms with E-state index in [4.69, 9.17) is 0 Å². The van der Waals surface area contributed by atoms with Gasteiger partial charge in [0, 0.05) is 13.6 Å². The molecular weight excluding hydrogens is 116 g/mol. The van der Waals surface area contributed by atoms with Crippen molar-refractivity contribution >= 4 is 5.95 Å². The van der Waals surface area contributed by atoms with Crippen LogP contribution in [0.15, 0.2) is 6.33 Å². The van der Waals surface area contributed by atoms with Gasteiger partial charge in [0.05, 0.1) is 0 Å². The van der Waals surface area contributed by atoms with E-state index in [-0.39, 0.29) is 0 Å². The molecule has 0 amide bonds. The van der Waals surface area contributed by atoms with Crippen molar-refractivity contribution in [1.29, 1.82) is 0 Å². The Morgan fingerprint density at radius 2 is 2.56 bits per heavy atom. The third-order valence-electron chi connectivity index (χ3n) is 1.05. The second kappa shape index (κ2) is 2.48. The van der Waals surface area contributed by atoms with Crippen LogP contribution in [-0.2, 0) is 7.05 Å². The molecule has 1 heterocycles. The van der Waals surface area contributed by atoms with Gasteiger partial charge in [-0.3, -0.25) is 0 Å². The van der Waals surface area contributed by atoms with Crippen LogP contribution in [0.3, 0.4) is 0 Å². The molecule has 1 N–H and O–H groups in total. The summed E-state index contributed by atoms with van der Waals surface area (Å²) >= 11 is 0. The van der Waals surface area contributed by atoms with Crippen LogP contribution in [0.25, 0.3) is 0 Å². The standard InChI is InChI=1S/C5H10N4/c1-3-6-5-8-7-4-9(5)2/h4H,3H2,1-2H3,(H,6,8). The second-order valence-corrected chi connectivity index (χ2v) is 1.80. The Labute approximate surface area is 53.9 Å². The van der Waals surface area contributed by atoms with Crippen LogP contribution in [-0.4, -0.2) is 21.3 Å². The molecule has 0 bridgehead atoms. The van der Waals surface area contributed by atoms with E-state index in [1.807, 2.05) is 18.5 Å². The van der Waals surface area contributed by atoms with E-state index in [0.717, 1.165) is 12.5 Å². The Morgan fingerprint density at radius 1 is 1.78 bits per heavy atom. The fourth-order valence-electron chi connectivity index (χ4n) is 0.601. The third kappa shape index (κ3) is 1.19. The zero-order chi connectivity index (χ0) is 6.69. The van der Waals surface area contributed by atoms with Gasteiger partial charge >= 0.3 is 0 Å². The number of hydrogen-bond donors (Lipinski definition) is 1. The Kier molecular flexibility index (Phi) is 1.67. The molecule has 0 atom stereocenters. The first-order valence-electron chi connectivity index (χ1n) is 2.92. The van der Waals surface area contributed by atoms with Crippen molar-refractivity contribution in [3.63, 3.8) is 0 Å². The summed E-state index contributed by atoms with van der Waals surface area (Å²) in [5, 5.41) is 10.5. The van der Waals surface area contributed by atoms with Gasteiger partial charge in [-0.05, 0) is 6.92 Å². The van der Waals surface area contributed by atoms with Crippen molar-refractivity contribution in [2.75, 3.05) is 11.9 Å². The molecule has 0 saturated heterocycles.